The lowest BCUT2D eigenvalue weighted by molar-refractivity contribution is 0.101. The molecule has 2 fully saturated rings. The zero-order chi connectivity index (χ0) is 53.4. The predicted molar refractivity (Wildman–Crippen MR) is 305 cm³/mol. The van der Waals surface area contributed by atoms with Crippen molar-refractivity contribution in [1.29, 1.82) is 0 Å². The average molecular weight is 1060 g/mol. The molecular formula is C62H66N6O6S2. The van der Waals surface area contributed by atoms with Gasteiger partial charge in [-0.3, -0.25) is 19.4 Å². The lowest BCUT2D eigenvalue weighted by Gasteiger charge is -2.37. The molecule has 0 unspecified atom stereocenters. The third-order valence-electron chi connectivity index (χ3n) is 14.7. The van der Waals surface area contributed by atoms with Crippen molar-refractivity contribution in [3.05, 3.63) is 215 Å². The van der Waals surface area contributed by atoms with Crippen molar-refractivity contribution in [2.24, 2.45) is 11.8 Å². The molecule has 10 rings (SSSR count). The molecule has 0 saturated carbocycles. The van der Waals surface area contributed by atoms with Crippen molar-refractivity contribution < 1.29 is 26.4 Å². The van der Waals surface area contributed by atoms with E-state index in [0.29, 0.717) is 44.0 Å². The second-order valence-electron chi connectivity index (χ2n) is 20.3. The number of nitrogens with one attached hydrogen (secondary N) is 4. The summed E-state index contributed by atoms with van der Waals surface area (Å²) in [7, 11) is -7.56. The number of amides is 2. The summed E-state index contributed by atoms with van der Waals surface area (Å²) in [5.41, 5.74) is 6.61. The van der Waals surface area contributed by atoms with Gasteiger partial charge in [-0.1, -0.05) is 159 Å². The Kier molecular flexibility index (Phi) is 16.9. The molecule has 76 heavy (non-hydrogen) atoms. The smallest absolute Gasteiger partial charge is 0.255 e. The number of hydrogen-bond acceptors (Lipinski definition) is 8. The van der Waals surface area contributed by atoms with Gasteiger partial charge in [0.25, 0.3) is 11.8 Å². The minimum absolute atomic E-state index is 0.147. The second kappa shape index (κ2) is 23.9. The molecule has 2 aliphatic heterocycles. The van der Waals surface area contributed by atoms with Crippen LogP contribution in [-0.4, -0.2) is 76.7 Å². The molecule has 0 radical (unpaired) electrons. The zero-order valence-electron chi connectivity index (χ0n) is 43.4. The van der Waals surface area contributed by atoms with Crippen molar-refractivity contribution in [2.45, 2.75) is 75.5 Å². The summed E-state index contributed by atoms with van der Waals surface area (Å²) in [6.45, 7) is 13.0. The molecule has 14 heteroatoms. The fraction of sp³-hybridized carbons (Fsp3) is 0.258. The van der Waals surface area contributed by atoms with Crippen LogP contribution >= 0.6 is 0 Å². The van der Waals surface area contributed by atoms with E-state index in [4.69, 9.17) is 0 Å². The van der Waals surface area contributed by atoms with Gasteiger partial charge in [0.2, 0.25) is 20.0 Å². The number of likely N-dealkylation sites (tertiary alicyclic amines) is 2. The highest BCUT2D eigenvalue weighted by Gasteiger charge is 2.33. The van der Waals surface area contributed by atoms with Crippen LogP contribution in [0.3, 0.4) is 0 Å². The first kappa shape index (κ1) is 53.8. The largest absolute Gasteiger partial charge is 0.321 e. The van der Waals surface area contributed by atoms with Gasteiger partial charge in [0.15, 0.2) is 0 Å². The zero-order valence-corrected chi connectivity index (χ0v) is 45.1. The van der Waals surface area contributed by atoms with Crippen molar-refractivity contribution >= 4 is 64.8 Å². The van der Waals surface area contributed by atoms with Crippen molar-refractivity contribution in [2.75, 3.05) is 36.8 Å². The van der Waals surface area contributed by atoms with E-state index in [2.05, 4.69) is 68.0 Å². The maximum absolute atomic E-state index is 13.6. The molecular weight excluding hydrogens is 989 g/mol. The minimum Gasteiger partial charge on any atom is -0.321 e. The SMILES string of the molecule is Cc1ccccc1C(=O)Nc1ccc(S(=O)(=O)N[C@H]2CCN(Cc3ccccc3)C[C@@H]2C)c2ccccc12.Cc1ccccc1C(=O)Nc1ccc(S(=O)(=O)N[C@H]2CCN(Cc3ccccc3)C[C@H]2C)c2ccccc12. The van der Waals surface area contributed by atoms with Gasteiger partial charge in [-0.25, -0.2) is 26.3 Å². The molecule has 12 nitrogen and oxygen atoms in total. The monoisotopic (exact) mass is 1050 g/mol. The normalized spacial score (nSPS) is 18.4. The highest BCUT2D eigenvalue weighted by Crippen LogP contribution is 2.33. The van der Waals surface area contributed by atoms with Crippen LogP contribution in [0.4, 0.5) is 11.4 Å². The first-order valence-corrected chi connectivity index (χ1v) is 28.9. The van der Waals surface area contributed by atoms with Crippen molar-refractivity contribution in [1.82, 2.24) is 19.2 Å². The highest BCUT2D eigenvalue weighted by molar-refractivity contribution is 7.90. The Morgan fingerprint density at radius 2 is 0.789 bits per heavy atom. The minimum atomic E-state index is -3.78. The molecule has 0 aliphatic carbocycles. The summed E-state index contributed by atoms with van der Waals surface area (Å²) in [4.78, 5) is 31.1. The summed E-state index contributed by atoms with van der Waals surface area (Å²) in [6, 6.07) is 56.3. The van der Waals surface area contributed by atoms with Crippen LogP contribution in [0.5, 0.6) is 0 Å². The van der Waals surface area contributed by atoms with E-state index in [-0.39, 0.29) is 45.5 Å². The van der Waals surface area contributed by atoms with Crippen LogP contribution in [0.15, 0.2) is 192 Å². The molecule has 0 spiro atoms. The third-order valence-corrected chi connectivity index (χ3v) is 17.8. The first-order valence-electron chi connectivity index (χ1n) is 26.0. The van der Waals surface area contributed by atoms with Crippen LogP contribution in [-0.2, 0) is 33.1 Å². The van der Waals surface area contributed by atoms with E-state index in [1.165, 1.54) is 11.1 Å². The predicted octanol–water partition coefficient (Wildman–Crippen LogP) is 11.2. The third kappa shape index (κ3) is 12.8. The number of hydrogen-bond donors (Lipinski definition) is 4. The number of anilines is 2. The Bertz CT molecular complexity index is 3340. The number of fused-ring (bicyclic) bond motifs is 2. The fourth-order valence-electron chi connectivity index (χ4n) is 10.6. The van der Waals surface area contributed by atoms with Gasteiger partial charge in [0, 0.05) is 95.4 Å². The van der Waals surface area contributed by atoms with Gasteiger partial charge in [-0.2, -0.15) is 0 Å². The number of sulfonamides is 2. The number of rotatable bonds is 14. The molecule has 392 valence electrons. The lowest BCUT2D eigenvalue weighted by Crippen LogP contribution is -2.49. The number of aryl methyl sites for hydroxylation is 2. The van der Waals surface area contributed by atoms with Crippen LogP contribution in [0, 0.1) is 25.7 Å². The summed E-state index contributed by atoms with van der Waals surface area (Å²) in [5, 5.41) is 8.48. The van der Waals surface area contributed by atoms with Gasteiger partial charge in [0.05, 0.1) is 9.79 Å². The quantitative estimate of drug-likeness (QED) is 0.0838. The average Bonchev–Trinajstić information content (AvgIpc) is 3.44. The van der Waals surface area contributed by atoms with Gasteiger partial charge in [-0.15, -0.1) is 0 Å². The van der Waals surface area contributed by atoms with E-state index < -0.39 is 20.0 Å². The molecule has 0 bridgehead atoms. The lowest BCUT2D eigenvalue weighted by atomic mass is 9.94. The number of piperidine rings is 2. The molecule has 4 atom stereocenters. The van der Waals surface area contributed by atoms with E-state index in [0.717, 1.165) is 63.2 Å². The summed E-state index contributed by atoms with van der Waals surface area (Å²) in [5.74, 6) is -0.113. The highest BCUT2D eigenvalue weighted by atomic mass is 32.2. The summed E-state index contributed by atoms with van der Waals surface area (Å²) in [6.07, 6.45) is 1.49. The van der Waals surface area contributed by atoms with Crippen molar-refractivity contribution in [3.63, 3.8) is 0 Å². The van der Waals surface area contributed by atoms with Gasteiger partial charge < -0.3 is 10.6 Å². The van der Waals surface area contributed by atoms with E-state index in [1.54, 1.807) is 48.5 Å². The Hall–Kier alpha value is -7.04. The molecule has 2 aliphatic rings. The number of nitrogens with zero attached hydrogens (tertiary/aromatic N) is 2. The van der Waals surface area contributed by atoms with Gasteiger partial charge in [-0.05, 0) is 97.2 Å². The molecule has 2 saturated heterocycles. The van der Waals surface area contributed by atoms with Crippen LogP contribution < -0.4 is 20.1 Å². The maximum atomic E-state index is 13.6. The van der Waals surface area contributed by atoms with E-state index in [1.807, 2.05) is 123 Å². The van der Waals surface area contributed by atoms with Crippen LogP contribution in [0.25, 0.3) is 21.5 Å². The number of benzene rings is 8. The van der Waals surface area contributed by atoms with Crippen molar-refractivity contribution in [3.8, 4) is 0 Å². The Morgan fingerprint density at radius 3 is 1.16 bits per heavy atom. The molecule has 2 heterocycles. The maximum Gasteiger partial charge on any atom is 0.255 e. The standard InChI is InChI=1S/2C31H33N3O3S/c2*1-22-10-6-7-13-25(22)31(35)32-29-16-17-30(27-15-9-8-14-26(27)29)38(36,37)33-28-18-19-34(20-23(28)2)21-24-11-4-3-5-12-24/h2*3-17,23,28,33H,18-21H2,1-2H3,(H,32,35)/t23-,28+;23-,28-/m10/s1. The van der Waals surface area contributed by atoms with Crippen LogP contribution in [0.1, 0.15) is 69.7 Å². The summed E-state index contributed by atoms with van der Waals surface area (Å²) >= 11 is 0. The molecule has 2 amide bonds. The second-order valence-corrected chi connectivity index (χ2v) is 23.6. The number of carbonyl (C=O) groups excluding carboxylic acids is 2. The summed E-state index contributed by atoms with van der Waals surface area (Å²) < 4.78 is 60.5. The van der Waals surface area contributed by atoms with E-state index >= 15 is 0 Å². The topological polar surface area (TPSA) is 157 Å². The Labute approximate surface area is 447 Å². The Morgan fingerprint density at radius 1 is 0.447 bits per heavy atom. The number of carbonyl (C=O) groups is 2. The first-order chi connectivity index (χ1) is 36.6. The molecule has 8 aromatic rings. The molecule has 4 N–H and O–H groups in total. The Balaban J connectivity index is 0.000000186. The van der Waals surface area contributed by atoms with Gasteiger partial charge >= 0.3 is 0 Å². The van der Waals surface area contributed by atoms with Gasteiger partial charge in [0.1, 0.15) is 0 Å². The van der Waals surface area contributed by atoms with E-state index in [9.17, 15) is 26.4 Å². The van der Waals surface area contributed by atoms with Crippen LogP contribution in [0.2, 0.25) is 0 Å². The molecule has 8 aromatic carbocycles. The fourth-order valence-corrected chi connectivity index (χ4v) is 13.8. The molecule has 0 aromatic heterocycles.